The molecule has 0 saturated carbocycles. The SMILES string of the molecule is Cc1ccccc1-c1cc2c(C(C)(C)C(=O)CN=O)cnn2cc1C. The number of pyridine rings is 1. The third-order valence-electron chi connectivity index (χ3n) is 4.87. The number of hydrogen-bond acceptors (Lipinski definition) is 4. The van der Waals surface area contributed by atoms with Gasteiger partial charge in [0, 0.05) is 11.8 Å². The Labute approximate surface area is 146 Å². The largest absolute Gasteiger partial charge is 0.296 e. The average Bonchev–Trinajstić information content (AvgIpc) is 2.98. The monoisotopic (exact) mass is 335 g/mol. The number of carbonyl (C=O) groups is 1. The van der Waals surface area contributed by atoms with Crippen LogP contribution in [0.4, 0.5) is 0 Å². The summed E-state index contributed by atoms with van der Waals surface area (Å²) in [6, 6.07) is 10.3. The maximum absolute atomic E-state index is 12.4. The maximum atomic E-state index is 12.4. The molecule has 0 aliphatic carbocycles. The summed E-state index contributed by atoms with van der Waals surface area (Å²) in [6.07, 6.45) is 3.68. The molecule has 0 atom stereocenters. The standard InChI is InChI=1S/C20H21N3O2/c1-13-7-5-6-8-15(13)16-9-18-17(10-21-23(18)12-14(16)2)20(3,4)19(24)11-22-25/h5-10,12H,11H2,1-4H3. The molecule has 0 fully saturated rings. The molecule has 0 N–H and O–H groups in total. The van der Waals surface area contributed by atoms with Gasteiger partial charge in [0.05, 0.1) is 17.1 Å². The molecule has 128 valence electrons. The topological polar surface area (TPSA) is 63.8 Å². The van der Waals surface area contributed by atoms with Crippen LogP contribution in [0.3, 0.4) is 0 Å². The van der Waals surface area contributed by atoms with Crippen LogP contribution in [-0.2, 0) is 10.2 Å². The zero-order valence-corrected chi connectivity index (χ0v) is 14.9. The summed E-state index contributed by atoms with van der Waals surface area (Å²) < 4.78 is 1.79. The molecule has 0 spiro atoms. The van der Waals surface area contributed by atoms with Crippen LogP contribution >= 0.6 is 0 Å². The quantitative estimate of drug-likeness (QED) is 0.655. The Morgan fingerprint density at radius 3 is 2.56 bits per heavy atom. The number of fused-ring (bicyclic) bond motifs is 1. The molecule has 0 bridgehead atoms. The van der Waals surface area contributed by atoms with Gasteiger partial charge in [0.2, 0.25) is 0 Å². The van der Waals surface area contributed by atoms with E-state index >= 15 is 0 Å². The van der Waals surface area contributed by atoms with E-state index in [1.807, 2.05) is 32.2 Å². The van der Waals surface area contributed by atoms with Gasteiger partial charge in [0.1, 0.15) is 6.54 Å². The van der Waals surface area contributed by atoms with Crippen molar-refractivity contribution in [2.75, 3.05) is 6.54 Å². The van der Waals surface area contributed by atoms with Crippen LogP contribution in [0.15, 0.2) is 47.9 Å². The van der Waals surface area contributed by atoms with Gasteiger partial charge in [0.15, 0.2) is 5.78 Å². The number of rotatable bonds is 5. The fourth-order valence-corrected chi connectivity index (χ4v) is 3.18. The van der Waals surface area contributed by atoms with Crippen molar-refractivity contribution in [2.24, 2.45) is 5.18 Å². The van der Waals surface area contributed by atoms with Crippen molar-refractivity contribution in [1.82, 2.24) is 9.61 Å². The number of aryl methyl sites for hydroxylation is 2. The van der Waals surface area contributed by atoms with E-state index < -0.39 is 5.41 Å². The summed E-state index contributed by atoms with van der Waals surface area (Å²) in [5, 5.41) is 7.16. The van der Waals surface area contributed by atoms with E-state index in [2.05, 4.69) is 42.3 Å². The third-order valence-corrected chi connectivity index (χ3v) is 4.87. The van der Waals surface area contributed by atoms with Crippen molar-refractivity contribution in [3.63, 3.8) is 0 Å². The number of nitroso groups, excluding NO2 is 1. The summed E-state index contributed by atoms with van der Waals surface area (Å²) in [7, 11) is 0. The Hall–Kier alpha value is -2.82. The van der Waals surface area contributed by atoms with E-state index in [-0.39, 0.29) is 12.3 Å². The fourth-order valence-electron chi connectivity index (χ4n) is 3.18. The molecule has 5 heteroatoms. The molecule has 0 aliphatic heterocycles. The van der Waals surface area contributed by atoms with Gasteiger partial charge in [-0.25, -0.2) is 4.52 Å². The molecular formula is C20H21N3O2. The zero-order chi connectivity index (χ0) is 18.2. The molecule has 5 nitrogen and oxygen atoms in total. The molecule has 0 unspecified atom stereocenters. The van der Waals surface area contributed by atoms with Crippen LogP contribution in [0.2, 0.25) is 0 Å². The molecule has 3 aromatic rings. The van der Waals surface area contributed by atoms with Gasteiger partial charge in [-0.2, -0.15) is 10.0 Å². The van der Waals surface area contributed by atoms with Gasteiger partial charge in [-0.15, -0.1) is 0 Å². The van der Waals surface area contributed by atoms with Crippen LogP contribution in [0.1, 0.15) is 30.5 Å². The Morgan fingerprint density at radius 2 is 1.88 bits per heavy atom. The molecule has 3 rings (SSSR count). The van der Waals surface area contributed by atoms with Crippen molar-refractivity contribution in [1.29, 1.82) is 0 Å². The van der Waals surface area contributed by atoms with E-state index in [1.165, 1.54) is 5.56 Å². The first-order chi connectivity index (χ1) is 11.9. The zero-order valence-electron chi connectivity index (χ0n) is 14.9. The van der Waals surface area contributed by atoms with Gasteiger partial charge < -0.3 is 0 Å². The van der Waals surface area contributed by atoms with E-state index in [0.29, 0.717) is 0 Å². The molecule has 0 aliphatic rings. The highest BCUT2D eigenvalue weighted by atomic mass is 16.3. The summed E-state index contributed by atoms with van der Waals surface area (Å²) in [5.41, 5.74) is 5.42. The minimum absolute atomic E-state index is 0.213. The smallest absolute Gasteiger partial charge is 0.167 e. The second-order valence-electron chi connectivity index (χ2n) is 6.91. The van der Waals surface area contributed by atoms with Crippen LogP contribution in [-0.4, -0.2) is 21.9 Å². The summed E-state index contributed by atoms with van der Waals surface area (Å²) in [6.45, 7) is 7.42. The second kappa shape index (κ2) is 6.24. The molecule has 0 amide bonds. The first-order valence-corrected chi connectivity index (χ1v) is 8.23. The fraction of sp³-hybridized carbons (Fsp3) is 0.300. The van der Waals surface area contributed by atoms with Crippen molar-refractivity contribution in [2.45, 2.75) is 33.1 Å². The number of nitrogens with zero attached hydrogens (tertiary/aromatic N) is 3. The molecule has 0 radical (unpaired) electrons. The van der Waals surface area contributed by atoms with Crippen LogP contribution in [0.5, 0.6) is 0 Å². The van der Waals surface area contributed by atoms with Crippen LogP contribution < -0.4 is 0 Å². The Bertz CT molecular complexity index is 970. The van der Waals surface area contributed by atoms with Gasteiger partial charge in [-0.05, 0) is 56.0 Å². The van der Waals surface area contributed by atoms with E-state index in [1.54, 1.807) is 10.7 Å². The number of Topliss-reactive ketones (excluding diaryl/α,β-unsaturated/α-hetero) is 1. The predicted octanol–water partition coefficient (Wildman–Crippen LogP) is 4.23. The molecule has 2 heterocycles. The van der Waals surface area contributed by atoms with Crippen molar-refractivity contribution >= 4 is 11.3 Å². The van der Waals surface area contributed by atoms with Crippen LogP contribution in [0, 0.1) is 18.8 Å². The lowest BCUT2D eigenvalue weighted by atomic mass is 9.81. The second-order valence-corrected chi connectivity index (χ2v) is 6.91. The van der Waals surface area contributed by atoms with Crippen molar-refractivity contribution < 1.29 is 4.79 Å². The van der Waals surface area contributed by atoms with Crippen LogP contribution in [0.25, 0.3) is 16.6 Å². The average molecular weight is 335 g/mol. The lowest BCUT2D eigenvalue weighted by molar-refractivity contribution is -0.122. The number of hydrogen-bond donors (Lipinski definition) is 0. The maximum Gasteiger partial charge on any atom is 0.167 e. The highest BCUT2D eigenvalue weighted by Crippen LogP contribution is 2.33. The first kappa shape index (κ1) is 17.0. The van der Waals surface area contributed by atoms with E-state index in [4.69, 9.17) is 0 Å². The van der Waals surface area contributed by atoms with Gasteiger partial charge >= 0.3 is 0 Å². The Kier molecular flexibility index (Phi) is 4.25. The highest BCUT2D eigenvalue weighted by molar-refractivity contribution is 5.93. The lowest BCUT2D eigenvalue weighted by Gasteiger charge is -2.21. The van der Waals surface area contributed by atoms with Crippen molar-refractivity contribution in [3.05, 3.63) is 64.3 Å². The van der Waals surface area contributed by atoms with Gasteiger partial charge in [-0.3, -0.25) is 4.79 Å². The van der Waals surface area contributed by atoms with Crippen molar-refractivity contribution in [3.8, 4) is 11.1 Å². The predicted molar refractivity (Wildman–Crippen MR) is 98.8 cm³/mol. The summed E-state index contributed by atoms with van der Waals surface area (Å²) >= 11 is 0. The number of aromatic nitrogens is 2. The van der Waals surface area contributed by atoms with Gasteiger partial charge in [0.25, 0.3) is 0 Å². The molecule has 0 saturated heterocycles. The number of ketones is 1. The van der Waals surface area contributed by atoms with Gasteiger partial charge in [-0.1, -0.05) is 29.4 Å². The minimum atomic E-state index is -0.825. The normalized spacial score (nSPS) is 11.7. The number of benzene rings is 1. The number of carbonyl (C=O) groups excluding carboxylic acids is 1. The Morgan fingerprint density at radius 1 is 1.16 bits per heavy atom. The Balaban J connectivity index is 2.21. The van der Waals surface area contributed by atoms with E-state index in [0.717, 1.165) is 27.8 Å². The lowest BCUT2D eigenvalue weighted by Crippen LogP contribution is -2.30. The van der Waals surface area contributed by atoms with E-state index in [9.17, 15) is 9.70 Å². The molecular weight excluding hydrogens is 314 g/mol. The summed E-state index contributed by atoms with van der Waals surface area (Å²) in [4.78, 5) is 22.9. The molecule has 1 aromatic carbocycles. The molecule has 25 heavy (non-hydrogen) atoms. The first-order valence-electron chi connectivity index (χ1n) is 8.23. The summed E-state index contributed by atoms with van der Waals surface area (Å²) in [5.74, 6) is -0.213. The third kappa shape index (κ3) is 2.86. The highest BCUT2D eigenvalue weighted by Gasteiger charge is 2.32. The minimum Gasteiger partial charge on any atom is -0.296 e. The molecule has 2 aromatic heterocycles.